The molecular weight excluding hydrogens is 428 g/mol. The molecule has 0 bridgehead atoms. The number of rotatable bonds is 5. The highest BCUT2D eigenvalue weighted by atomic mass is 35.5. The largest absolute Gasteiger partial charge is 0.497 e. The van der Waals surface area contributed by atoms with Crippen molar-refractivity contribution in [3.8, 4) is 22.8 Å². The third-order valence-corrected chi connectivity index (χ3v) is 5.21. The first-order valence-corrected chi connectivity index (χ1v) is 10.2. The van der Waals surface area contributed by atoms with Crippen molar-refractivity contribution in [3.05, 3.63) is 99.2 Å². The van der Waals surface area contributed by atoms with Gasteiger partial charge in [0.05, 0.1) is 12.5 Å². The molecule has 1 heterocycles. The molecule has 0 atom stereocenters. The van der Waals surface area contributed by atoms with Gasteiger partial charge in [0.2, 0.25) is 11.2 Å². The topological polar surface area (TPSA) is 65.7 Å². The highest BCUT2D eigenvalue weighted by molar-refractivity contribution is 6.32. The Balaban J connectivity index is 1.78. The van der Waals surface area contributed by atoms with E-state index in [4.69, 9.17) is 25.5 Å². The summed E-state index contributed by atoms with van der Waals surface area (Å²) in [4.78, 5) is 25.8. The van der Waals surface area contributed by atoms with Crippen molar-refractivity contribution >= 4 is 34.6 Å². The van der Waals surface area contributed by atoms with Crippen molar-refractivity contribution in [2.24, 2.45) is 0 Å². The van der Waals surface area contributed by atoms with Gasteiger partial charge in [0.25, 0.3) is 0 Å². The number of halogens is 1. The van der Waals surface area contributed by atoms with Gasteiger partial charge in [-0.15, -0.1) is 0 Å². The van der Waals surface area contributed by atoms with Crippen LogP contribution in [0.15, 0.2) is 82.0 Å². The number of hydrogen-bond acceptors (Lipinski definition) is 5. The second-order valence-corrected chi connectivity index (χ2v) is 7.50. The molecule has 0 unspecified atom stereocenters. The van der Waals surface area contributed by atoms with E-state index in [0.29, 0.717) is 32.9 Å². The second-order valence-electron chi connectivity index (χ2n) is 7.09. The van der Waals surface area contributed by atoms with Crippen molar-refractivity contribution in [2.45, 2.75) is 6.92 Å². The summed E-state index contributed by atoms with van der Waals surface area (Å²) in [5.41, 5.74) is 2.14. The van der Waals surface area contributed by atoms with Crippen LogP contribution < -0.4 is 14.9 Å². The van der Waals surface area contributed by atoms with Gasteiger partial charge in [-0.2, -0.15) is 0 Å². The molecule has 0 spiro atoms. The fourth-order valence-electron chi connectivity index (χ4n) is 3.21. The van der Waals surface area contributed by atoms with Gasteiger partial charge in [0.15, 0.2) is 5.76 Å². The lowest BCUT2D eigenvalue weighted by molar-refractivity contribution is -0.129. The van der Waals surface area contributed by atoms with Crippen LogP contribution in [0.2, 0.25) is 5.02 Å². The molecular formula is C26H19ClO5. The summed E-state index contributed by atoms with van der Waals surface area (Å²) in [5, 5.41) is 0.821. The van der Waals surface area contributed by atoms with Crippen LogP contribution in [0, 0.1) is 6.92 Å². The Bertz CT molecular complexity index is 1380. The predicted molar refractivity (Wildman–Crippen MR) is 125 cm³/mol. The summed E-state index contributed by atoms with van der Waals surface area (Å²) in [6, 6.07) is 19.2. The second kappa shape index (κ2) is 9.12. The van der Waals surface area contributed by atoms with Gasteiger partial charge < -0.3 is 13.9 Å². The van der Waals surface area contributed by atoms with Gasteiger partial charge in [-0.3, -0.25) is 4.79 Å². The van der Waals surface area contributed by atoms with Crippen LogP contribution in [0.4, 0.5) is 0 Å². The molecule has 0 saturated heterocycles. The third-order valence-electron chi connectivity index (χ3n) is 4.87. The Morgan fingerprint density at radius 3 is 2.50 bits per heavy atom. The quantitative estimate of drug-likeness (QED) is 0.276. The minimum absolute atomic E-state index is 0.162. The zero-order valence-electron chi connectivity index (χ0n) is 17.4. The van der Waals surface area contributed by atoms with Crippen molar-refractivity contribution in [3.63, 3.8) is 0 Å². The molecule has 0 aliphatic heterocycles. The molecule has 1 aromatic heterocycles. The molecule has 0 aliphatic rings. The molecule has 4 rings (SSSR count). The lowest BCUT2D eigenvalue weighted by Gasteiger charge is -2.10. The van der Waals surface area contributed by atoms with Crippen LogP contribution in [-0.2, 0) is 4.79 Å². The monoisotopic (exact) mass is 446 g/mol. The number of ether oxygens (including phenoxy) is 2. The molecule has 0 radical (unpaired) electrons. The average Bonchev–Trinajstić information content (AvgIpc) is 2.80. The maximum Gasteiger partial charge on any atom is 0.336 e. The third kappa shape index (κ3) is 4.43. The van der Waals surface area contributed by atoms with E-state index >= 15 is 0 Å². The van der Waals surface area contributed by atoms with E-state index in [1.165, 1.54) is 12.2 Å². The van der Waals surface area contributed by atoms with E-state index in [9.17, 15) is 9.59 Å². The van der Waals surface area contributed by atoms with Crippen molar-refractivity contribution < 1.29 is 18.7 Å². The summed E-state index contributed by atoms with van der Waals surface area (Å²) in [6.07, 6.45) is 2.75. The fourth-order valence-corrected chi connectivity index (χ4v) is 3.41. The molecule has 0 aliphatic carbocycles. The first-order chi connectivity index (χ1) is 15.5. The Kier molecular flexibility index (Phi) is 6.10. The van der Waals surface area contributed by atoms with Gasteiger partial charge in [-0.25, -0.2) is 4.79 Å². The number of benzene rings is 3. The zero-order chi connectivity index (χ0) is 22.7. The lowest BCUT2D eigenvalue weighted by Crippen LogP contribution is -2.14. The van der Waals surface area contributed by atoms with Gasteiger partial charge in [-0.05, 0) is 66.6 Å². The van der Waals surface area contributed by atoms with E-state index in [1.807, 2.05) is 6.92 Å². The van der Waals surface area contributed by atoms with E-state index in [-0.39, 0.29) is 11.5 Å². The summed E-state index contributed by atoms with van der Waals surface area (Å²) in [6.45, 7) is 1.90. The van der Waals surface area contributed by atoms with E-state index in [1.54, 1.807) is 73.8 Å². The first kappa shape index (κ1) is 21.4. The molecule has 4 aromatic rings. The van der Waals surface area contributed by atoms with Gasteiger partial charge in [0, 0.05) is 16.7 Å². The standard InChI is InChI=1S/C26H19ClO5/c1-16-7-13-20-22(15-16)31-25(18-8-11-19(30-2)12-9-18)26(24(20)29)32-23(28)14-10-17-5-3-4-6-21(17)27/h3-15H,1-2H3. The van der Waals surface area contributed by atoms with Gasteiger partial charge in [-0.1, -0.05) is 35.9 Å². The maximum absolute atomic E-state index is 13.2. The highest BCUT2D eigenvalue weighted by Crippen LogP contribution is 2.32. The Hall–Kier alpha value is -3.83. The molecule has 0 saturated carbocycles. The van der Waals surface area contributed by atoms with Crippen LogP contribution in [0.1, 0.15) is 11.1 Å². The van der Waals surface area contributed by atoms with E-state index < -0.39 is 11.4 Å². The Labute approximate surface area is 189 Å². The molecule has 5 nitrogen and oxygen atoms in total. The Morgan fingerprint density at radius 2 is 1.78 bits per heavy atom. The summed E-state index contributed by atoms with van der Waals surface area (Å²) >= 11 is 6.12. The van der Waals surface area contributed by atoms with Gasteiger partial charge >= 0.3 is 5.97 Å². The number of esters is 1. The molecule has 0 amide bonds. The van der Waals surface area contributed by atoms with Crippen LogP contribution in [0.3, 0.4) is 0 Å². The predicted octanol–water partition coefficient (Wildman–Crippen LogP) is 6.05. The maximum atomic E-state index is 13.2. The van der Waals surface area contributed by atoms with Gasteiger partial charge in [0.1, 0.15) is 11.3 Å². The number of methoxy groups -OCH3 is 1. The smallest absolute Gasteiger partial charge is 0.336 e. The highest BCUT2D eigenvalue weighted by Gasteiger charge is 2.20. The SMILES string of the molecule is COc1ccc(-c2oc3cc(C)ccc3c(=O)c2OC(=O)C=Cc2ccccc2Cl)cc1. The number of carbonyl (C=O) groups is 1. The summed E-state index contributed by atoms with van der Waals surface area (Å²) < 4.78 is 16.7. The normalized spacial score (nSPS) is 11.1. The number of hydrogen-bond donors (Lipinski definition) is 0. The van der Waals surface area contributed by atoms with E-state index in [0.717, 1.165) is 5.56 Å². The molecule has 6 heteroatoms. The lowest BCUT2D eigenvalue weighted by atomic mass is 10.1. The number of carbonyl (C=O) groups excluding carboxylic acids is 1. The number of fused-ring (bicyclic) bond motifs is 1. The van der Waals surface area contributed by atoms with Crippen molar-refractivity contribution in [1.29, 1.82) is 0 Å². The Morgan fingerprint density at radius 1 is 1.03 bits per heavy atom. The molecule has 160 valence electrons. The van der Waals surface area contributed by atoms with Crippen LogP contribution in [0.5, 0.6) is 11.5 Å². The molecule has 0 fully saturated rings. The summed E-state index contributed by atoms with van der Waals surface area (Å²) in [5.74, 6) is -0.0945. The van der Waals surface area contributed by atoms with Crippen molar-refractivity contribution in [2.75, 3.05) is 7.11 Å². The summed E-state index contributed by atoms with van der Waals surface area (Å²) in [7, 11) is 1.56. The zero-order valence-corrected chi connectivity index (χ0v) is 18.2. The average molecular weight is 447 g/mol. The van der Waals surface area contributed by atoms with Crippen LogP contribution >= 0.6 is 11.6 Å². The van der Waals surface area contributed by atoms with Crippen LogP contribution in [0.25, 0.3) is 28.4 Å². The van der Waals surface area contributed by atoms with E-state index in [2.05, 4.69) is 0 Å². The molecule has 32 heavy (non-hydrogen) atoms. The first-order valence-electron chi connectivity index (χ1n) is 9.82. The minimum atomic E-state index is -0.724. The minimum Gasteiger partial charge on any atom is -0.497 e. The number of aryl methyl sites for hydroxylation is 1. The molecule has 0 N–H and O–H groups in total. The fraction of sp³-hybridized carbons (Fsp3) is 0.0769. The molecule has 3 aromatic carbocycles. The van der Waals surface area contributed by atoms with Crippen LogP contribution in [-0.4, -0.2) is 13.1 Å². The van der Waals surface area contributed by atoms with Crippen molar-refractivity contribution in [1.82, 2.24) is 0 Å².